The topological polar surface area (TPSA) is 72.9 Å². The normalized spacial score (nSPS) is 26.2. The van der Waals surface area contributed by atoms with Crippen molar-refractivity contribution in [2.45, 2.75) is 31.6 Å². The van der Waals surface area contributed by atoms with Gasteiger partial charge in [-0.25, -0.2) is 4.98 Å². The largest absolute Gasteiger partial charge is 0.481 e. The Hall–Kier alpha value is -1.70. The summed E-state index contributed by atoms with van der Waals surface area (Å²) in [6.45, 7) is 3.67. The minimum Gasteiger partial charge on any atom is -0.481 e. The Morgan fingerprint density at radius 1 is 1.48 bits per heavy atom. The fourth-order valence-corrected chi connectivity index (χ4v) is 3.67. The van der Waals surface area contributed by atoms with Gasteiger partial charge in [0.25, 0.3) is 0 Å². The molecule has 2 aliphatic rings. The molecule has 2 aliphatic heterocycles. The molecule has 3 heterocycles. The number of amides is 1. The van der Waals surface area contributed by atoms with Crippen LogP contribution in [-0.4, -0.2) is 68.5 Å². The Labute approximate surface area is 148 Å². The number of aromatic nitrogens is 1. The molecule has 3 atom stereocenters. The summed E-state index contributed by atoms with van der Waals surface area (Å²) in [5.41, 5.74) is 1.08. The van der Waals surface area contributed by atoms with Crippen molar-refractivity contribution in [3.05, 3.63) is 23.9 Å². The molecule has 0 aromatic carbocycles. The highest BCUT2D eigenvalue weighted by atomic mass is 16.5. The molecule has 2 fully saturated rings. The third-order valence-corrected chi connectivity index (χ3v) is 4.97. The van der Waals surface area contributed by atoms with Crippen molar-refractivity contribution in [1.29, 1.82) is 0 Å². The lowest BCUT2D eigenvalue weighted by Crippen LogP contribution is -2.42. The Morgan fingerprint density at radius 2 is 2.36 bits per heavy atom. The van der Waals surface area contributed by atoms with Gasteiger partial charge in [0.1, 0.15) is 6.10 Å². The number of rotatable bonds is 7. The van der Waals surface area contributed by atoms with Gasteiger partial charge < -0.3 is 19.5 Å². The van der Waals surface area contributed by atoms with Crippen LogP contribution in [0.15, 0.2) is 18.3 Å². The van der Waals surface area contributed by atoms with E-state index in [0.29, 0.717) is 24.9 Å². The van der Waals surface area contributed by atoms with Gasteiger partial charge in [-0.15, -0.1) is 0 Å². The van der Waals surface area contributed by atoms with E-state index in [2.05, 4.69) is 15.2 Å². The third-order valence-electron chi connectivity index (χ3n) is 4.97. The zero-order valence-corrected chi connectivity index (χ0v) is 14.9. The molecule has 2 saturated heterocycles. The molecule has 1 N–H and O–H groups in total. The quantitative estimate of drug-likeness (QED) is 0.735. The van der Waals surface area contributed by atoms with Crippen LogP contribution < -0.4 is 10.1 Å². The van der Waals surface area contributed by atoms with E-state index >= 15 is 0 Å². The van der Waals surface area contributed by atoms with E-state index in [1.165, 1.54) is 0 Å². The number of piperidine rings is 1. The lowest BCUT2D eigenvalue weighted by molar-refractivity contribution is -0.133. The molecule has 25 heavy (non-hydrogen) atoms. The summed E-state index contributed by atoms with van der Waals surface area (Å²) < 4.78 is 16.3. The van der Waals surface area contributed by atoms with Crippen LogP contribution in [0.1, 0.15) is 18.4 Å². The van der Waals surface area contributed by atoms with E-state index in [0.717, 1.165) is 38.0 Å². The predicted molar refractivity (Wildman–Crippen MR) is 92.3 cm³/mol. The second kappa shape index (κ2) is 8.60. The van der Waals surface area contributed by atoms with Crippen LogP contribution in [-0.2, 0) is 20.8 Å². The van der Waals surface area contributed by atoms with Crippen LogP contribution in [0.2, 0.25) is 0 Å². The predicted octanol–water partition coefficient (Wildman–Crippen LogP) is 0.832. The van der Waals surface area contributed by atoms with Crippen molar-refractivity contribution in [1.82, 2.24) is 15.2 Å². The lowest BCUT2D eigenvalue weighted by atomic mass is 9.91. The van der Waals surface area contributed by atoms with E-state index in [1.54, 1.807) is 20.4 Å². The van der Waals surface area contributed by atoms with E-state index in [-0.39, 0.29) is 18.1 Å². The van der Waals surface area contributed by atoms with Gasteiger partial charge in [0.05, 0.1) is 19.8 Å². The number of hydrogen-bond acceptors (Lipinski definition) is 6. The van der Waals surface area contributed by atoms with Crippen LogP contribution in [0.4, 0.5) is 0 Å². The highest BCUT2D eigenvalue weighted by Crippen LogP contribution is 2.34. The standard InChI is InChI=1S/C18H27N3O4/c1-23-9-7-19-17(22)15-10-13-5-8-21(12-16(13)25-15)11-14-4-3-6-20-18(14)24-2/h3-4,6,13,15-16H,5,7-12H2,1-2H3,(H,19,22)/t13-,15-,16-/m0/s1. The molecule has 0 unspecified atom stereocenters. The summed E-state index contributed by atoms with van der Waals surface area (Å²) in [7, 11) is 3.27. The van der Waals surface area contributed by atoms with E-state index < -0.39 is 0 Å². The maximum Gasteiger partial charge on any atom is 0.249 e. The molecule has 1 aromatic rings. The summed E-state index contributed by atoms with van der Waals surface area (Å²) >= 11 is 0. The Morgan fingerprint density at radius 3 is 3.16 bits per heavy atom. The molecule has 0 saturated carbocycles. The fourth-order valence-electron chi connectivity index (χ4n) is 3.67. The number of methoxy groups -OCH3 is 2. The molecular formula is C18H27N3O4. The van der Waals surface area contributed by atoms with Gasteiger partial charge in [0.2, 0.25) is 11.8 Å². The fraction of sp³-hybridized carbons (Fsp3) is 0.667. The zero-order chi connectivity index (χ0) is 17.6. The monoisotopic (exact) mass is 349 g/mol. The second-order valence-corrected chi connectivity index (χ2v) is 6.64. The smallest absolute Gasteiger partial charge is 0.249 e. The lowest BCUT2D eigenvalue weighted by Gasteiger charge is -2.34. The number of fused-ring (bicyclic) bond motifs is 1. The van der Waals surface area contributed by atoms with Crippen molar-refractivity contribution in [2.24, 2.45) is 5.92 Å². The van der Waals surface area contributed by atoms with Crippen molar-refractivity contribution < 1.29 is 19.0 Å². The van der Waals surface area contributed by atoms with Crippen LogP contribution in [0, 0.1) is 5.92 Å². The molecule has 0 bridgehead atoms. The van der Waals surface area contributed by atoms with Gasteiger partial charge in [0.15, 0.2) is 0 Å². The van der Waals surface area contributed by atoms with E-state index in [4.69, 9.17) is 14.2 Å². The second-order valence-electron chi connectivity index (χ2n) is 6.64. The number of hydrogen-bond donors (Lipinski definition) is 1. The number of carbonyl (C=O) groups is 1. The molecule has 7 nitrogen and oxygen atoms in total. The van der Waals surface area contributed by atoms with Gasteiger partial charge in [-0.1, -0.05) is 6.07 Å². The first-order chi connectivity index (χ1) is 12.2. The van der Waals surface area contributed by atoms with Crippen LogP contribution in [0.5, 0.6) is 5.88 Å². The number of likely N-dealkylation sites (tertiary alicyclic amines) is 1. The SMILES string of the molecule is COCCNC(=O)[C@@H]1C[C@@H]2CCN(Cc3cccnc3OC)C[C@@H]2O1. The summed E-state index contributed by atoms with van der Waals surface area (Å²) in [5, 5.41) is 2.87. The first-order valence-electron chi connectivity index (χ1n) is 8.83. The van der Waals surface area contributed by atoms with E-state index in [9.17, 15) is 4.79 Å². The average Bonchev–Trinajstić information content (AvgIpc) is 3.06. The molecule has 138 valence electrons. The minimum atomic E-state index is -0.334. The molecule has 1 amide bonds. The van der Waals surface area contributed by atoms with Gasteiger partial charge >= 0.3 is 0 Å². The van der Waals surface area contributed by atoms with Gasteiger partial charge in [-0.05, 0) is 31.4 Å². The number of nitrogens with one attached hydrogen (secondary N) is 1. The average molecular weight is 349 g/mol. The Kier molecular flexibility index (Phi) is 6.23. The van der Waals surface area contributed by atoms with Crippen LogP contribution >= 0.6 is 0 Å². The summed E-state index contributed by atoms with van der Waals surface area (Å²) in [6, 6.07) is 3.97. The highest BCUT2D eigenvalue weighted by molar-refractivity contribution is 5.81. The van der Waals surface area contributed by atoms with Crippen molar-refractivity contribution in [3.8, 4) is 5.88 Å². The Bertz CT molecular complexity index is 583. The molecule has 0 aliphatic carbocycles. The minimum absolute atomic E-state index is 0.0214. The molecule has 0 radical (unpaired) electrons. The van der Waals surface area contributed by atoms with Crippen molar-refractivity contribution >= 4 is 5.91 Å². The number of nitrogens with zero attached hydrogens (tertiary/aromatic N) is 2. The molecular weight excluding hydrogens is 322 g/mol. The van der Waals surface area contributed by atoms with Gasteiger partial charge in [0, 0.05) is 38.5 Å². The number of pyridine rings is 1. The highest BCUT2D eigenvalue weighted by Gasteiger charge is 2.41. The number of carbonyl (C=O) groups excluding carboxylic acids is 1. The first kappa shape index (κ1) is 18.1. The molecule has 1 aromatic heterocycles. The zero-order valence-electron chi connectivity index (χ0n) is 14.9. The Balaban J connectivity index is 1.52. The molecule has 3 rings (SSSR count). The maximum atomic E-state index is 12.2. The van der Waals surface area contributed by atoms with Crippen molar-refractivity contribution in [2.75, 3.05) is 40.5 Å². The first-order valence-corrected chi connectivity index (χ1v) is 8.83. The summed E-state index contributed by atoms with van der Waals surface area (Å²) in [4.78, 5) is 18.8. The molecule has 7 heteroatoms. The maximum absolute atomic E-state index is 12.2. The van der Waals surface area contributed by atoms with Gasteiger partial charge in [-0.3, -0.25) is 9.69 Å². The van der Waals surface area contributed by atoms with E-state index in [1.807, 2.05) is 12.1 Å². The van der Waals surface area contributed by atoms with Crippen LogP contribution in [0.25, 0.3) is 0 Å². The number of ether oxygens (including phenoxy) is 3. The third kappa shape index (κ3) is 4.48. The summed E-state index contributed by atoms with van der Waals surface area (Å²) in [6.07, 6.45) is 3.39. The molecule has 0 spiro atoms. The van der Waals surface area contributed by atoms with Crippen LogP contribution in [0.3, 0.4) is 0 Å². The van der Waals surface area contributed by atoms with Gasteiger partial charge in [-0.2, -0.15) is 0 Å². The summed E-state index contributed by atoms with van der Waals surface area (Å²) in [5.74, 6) is 1.12. The van der Waals surface area contributed by atoms with Crippen molar-refractivity contribution in [3.63, 3.8) is 0 Å².